The molecular formula is C23H21N3O2S. The van der Waals surface area contributed by atoms with Crippen molar-refractivity contribution >= 4 is 33.1 Å². The molecule has 6 heteroatoms. The van der Waals surface area contributed by atoms with E-state index in [1.807, 2.05) is 74.5 Å². The number of aromatic nitrogens is 2. The Labute approximate surface area is 172 Å². The maximum absolute atomic E-state index is 13.0. The number of hydrogen-bond donors (Lipinski definition) is 0. The van der Waals surface area contributed by atoms with Gasteiger partial charge in [-0.2, -0.15) is 0 Å². The summed E-state index contributed by atoms with van der Waals surface area (Å²) >= 11 is 1.48. The number of carbonyl (C=O) groups excluding carboxylic acids is 1. The lowest BCUT2D eigenvalue weighted by atomic mass is 10.2. The molecule has 2 aromatic carbocycles. The summed E-state index contributed by atoms with van der Waals surface area (Å²) in [5.74, 6) is -0.139. The van der Waals surface area contributed by atoms with E-state index in [9.17, 15) is 9.59 Å². The van der Waals surface area contributed by atoms with Gasteiger partial charge in [-0.25, -0.2) is 4.98 Å². The van der Waals surface area contributed by atoms with E-state index in [2.05, 4.69) is 4.98 Å². The largest absolute Gasteiger partial charge is 0.311 e. The van der Waals surface area contributed by atoms with Crippen LogP contribution >= 0.6 is 11.3 Å². The van der Waals surface area contributed by atoms with E-state index < -0.39 is 0 Å². The Morgan fingerprint density at radius 1 is 1.10 bits per heavy atom. The van der Waals surface area contributed by atoms with E-state index in [4.69, 9.17) is 0 Å². The molecule has 29 heavy (non-hydrogen) atoms. The second kappa shape index (κ2) is 8.01. The van der Waals surface area contributed by atoms with E-state index in [0.29, 0.717) is 16.8 Å². The number of carbonyl (C=O) groups is 1. The monoisotopic (exact) mass is 403 g/mol. The number of aryl methyl sites for hydroxylation is 1. The highest BCUT2D eigenvalue weighted by atomic mass is 32.1. The standard InChI is InChI=1S/C23H21N3O2S/c1-3-26(18-11-7-8-16(2)12-18)21(27)14-25-15-24-22-19(23(25)28)13-20(29-22)17-9-5-4-6-10-17/h4-13,15H,3,14H2,1-2H3. The summed E-state index contributed by atoms with van der Waals surface area (Å²) in [4.78, 5) is 33.7. The van der Waals surface area contributed by atoms with Crippen LogP contribution in [0.1, 0.15) is 12.5 Å². The van der Waals surface area contributed by atoms with Gasteiger partial charge in [0, 0.05) is 17.1 Å². The van der Waals surface area contributed by atoms with Crippen molar-refractivity contribution in [2.45, 2.75) is 20.4 Å². The Hall–Kier alpha value is -3.25. The average Bonchev–Trinajstić information content (AvgIpc) is 3.17. The molecule has 0 N–H and O–H groups in total. The molecule has 1 amide bonds. The van der Waals surface area contributed by atoms with E-state index >= 15 is 0 Å². The van der Waals surface area contributed by atoms with Gasteiger partial charge >= 0.3 is 0 Å². The number of anilines is 1. The van der Waals surface area contributed by atoms with Crippen LogP contribution in [-0.2, 0) is 11.3 Å². The molecule has 0 aliphatic rings. The SMILES string of the molecule is CCN(C(=O)Cn1cnc2sc(-c3ccccc3)cc2c1=O)c1cccc(C)c1. The zero-order chi connectivity index (χ0) is 20.4. The van der Waals surface area contributed by atoms with E-state index in [1.165, 1.54) is 22.2 Å². The molecule has 0 fully saturated rings. The second-order valence-electron chi connectivity index (χ2n) is 6.85. The Balaban J connectivity index is 1.65. The molecule has 5 nitrogen and oxygen atoms in total. The summed E-state index contributed by atoms with van der Waals surface area (Å²) in [5, 5.41) is 0.544. The molecule has 4 rings (SSSR count). The molecule has 4 aromatic rings. The maximum Gasteiger partial charge on any atom is 0.262 e. The lowest BCUT2D eigenvalue weighted by Gasteiger charge is -2.21. The lowest BCUT2D eigenvalue weighted by molar-refractivity contribution is -0.119. The Morgan fingerprint density at radius 2 is 1.90 bits per heavy atom. The maximum atomic E-state index is 13.0. The summed E-state index contributed by atoms with van der Waals surface area (Å²) in [6.07, 6.45) is 1.47. The molecule has 0 radical (unpaired) electrons. The van der Waals surface area contributed by atoms with Gasteiger partial charge in [0.15, 0.2) is 0 Å². The zero-order valence-corrected chi connectivity index (χ0v) is 17.1. The van der Waals surface area contributed by atoms with Crippen LogP contribution in [0.15, 0.2) is 71.8 Å². The molecule has 0 unspecified atom stereocenters. The van der Waals surface area contributed by atoms with Crippen molar-refractivity contribution < 1.29 is 4.79 Å². The molecule has 0 bridgehead atoms. The topological polar surface area (TPSA) is 55.2 Å². The van der Waals surface area contributed by atoms with Crippen LogP contribution in [0.25, 0.3) is 20.7 Å². The average molecular weight is 404 g/mol. The predicted octanol–water partition coefficient (Wildman–Crippen LogP) is 4.49. The first-order valence-electron chi connectivity index (χ1n) is 9.48. The number of fused-ring (bicyclic) bond motifs is 1. The van der Waals surface area contributed by atoms with E-state index in [1.54, 1.807) is 4.90 Å². The molecule has 0 atom stereocenters. The fourth-order valence-corrected chi connectivity index (χ4v) is 4.34. The van der Waals surface area contributed by atoms with Crippen molar-refractivity contribution in [2.24, 2.45) is 0 Å². The number of hydrogen-bond acceptors (Lipinski definition) is 4. The van der Waals surface area contributed by atoms with Gasteiger partial charge in [0.1, 0.15) is 11.4 Å². The van der Waals surface area contributed by atoms with E-state index in [0.717, 1.165) is 21.7 Å². The lowest BCUT2D eigenvalue weighted by Crippen LogP contribution is -2.36. The summed E-state index contributed by atoms with van der Waals surface area (Å²) in [5.41, 5.74) is 2.78. The minimum Gasteiger partial charge on any atom is -0.311 e. The summed E-state index contributed by atoms with van der Waals surface area (Å²) in [6, 6.07) is 19.6. The van der Waals surface area contributed by atoms with Gasteiger partial charge in [-0.3, -0.25) is 14.2 Å². The highest BCUT2D eigenvalue weighted by molar-refractivity contribution is 7.21. The fourth-order valence-electron chi connectivity index (χ4n) is 3.35. The van der Waals surface area contributed by atoms with Crippen molar-refractivity contribution in [3.05, 3.63) is 82.9 Å². The van der Waals surface area contributed by atoms with Crippen LogP contribution in [0.5, 0.6) is 0 Å². The van der Waals surface area contributed by atoms with Crippen molar-refractivity contribution in [3.8, 4) is 10.4 Å². The zero-order valence-electron chi connectivity index (χ0n) is 16.3. The van der Waals surface area contributed by atoms with Crippen molar-refractivity contribution in [1.29, 1.82) is 0 Å². The molecule has 2 heterocycles. The van der Waals surface area contributed by atoms with Crippen LogP contribution in [0.3, 0.4) is 0 Å². The summed E-state index contributed by atoms with van der Waals surface area (Å²) in [6.45, 7) is 4.41. The van der Waals surface area contributed by atoms with Crippen LogP contribution in [-0.4, -0.2) is 22.0 Å². The van der Waals surface area contributed by atoms with Crippen LogP contribution < -0.4 is 10.5 Å². The molecule has 0 aliphatic carbocycles. The van der Waals surface area contributed by atoms with Gasteiger partial charge in [0.25, 0.3) is 5.56 Å². The third kappa shape index (κ3) is 3.84. The molecule has 0 saturated carbocycles. The van der Waals surface area contributed by atoms with Crippen LogP contribution in [0.2, 0.25) is 0 Å². The predicted molar refractivity (Wildman–Crippen MR) is 119 cm³/mol. The fraction of sp³-hybridized carbons (Fsp3) is 0.174. The van der Waals surface area contributed by atoms with Gasteiger partial charge < -0.3 is 4.90 Å². The molecule has 2 aromatic heterocycles. The first-order chi connectivity index (χ1) is 14.1. The smallest absolute Gasteiger partial charge is 0.262 e. The third-order valence-corrected chi connectivity index (χ3v) is 5.90. The van der Waals surface area contributed by atoms with Gasteiger partial charge in [-0.1, -0.05) is 42.5 Å². The summed E-state index contributed by atoms with van der Waals surface area (Å²) < 4.78 is 1.39. The highest BCUT2D eigenvalue weighted by Gasteiger charge is 2.17. The molecule has 0 spiro atoms. The molecule has 0 saturated heterocycles. The molecule has 0 aliphatic heterocycles. The number of likely N-dealkylation sites (N-methyl/N-ethyl adjacent to an activating group) is 1. The summed E-state index contributed by atoms with van der Waals surface area (Å²) in [7, 11) is 0. The van der Waals surface area contributed by atoms with Crippen LogP contribution in [0.4, 0.5) is 5.69 Å². The minimum absolute atomic E-state index is 0.0416. The number of amides is 1. The van der Waals surface area contributed by atoms with Crippen molar-refractivity contribution in [1.82, 2.24) is 9.55 Å². The number of benzene rings is 2. The number of nitrogens with zero attached hydrogens (tertiary/aromatic N) is 3. The normalized spacial score (nSPS) is 11.0. The number of thiophene rings is 1. The van der Waals surface area contributed by atoms with Gasteiger partial charge in [0.05, 0.1) is 11.7 Å². The van der Waals surface area contributed by atoms with Gasteiger partial charge in [0.2, 0.25) is 5.91 Å². The van der Waals surface area contributed by atoms with Crippen LogP contribution in [0, 0.1) is 6.92 Å². The Bertz CT molecular complexity index is 1230. The Kier molecular flexibility index (Phi) is 5.27. The minimum atomic E-state index is -0.193. The van der Waals surface area contributed by atoms with Gasteiger partial charge in [-0.15, -0.1) is 11.3 Å². The molecular weight excluding hydrogens is 382 g/mol. The van der Waals surface area contributed by atoms with Gasteiger partial charge in [-0.05, 0) is 43.2 Å². The van der Waals surface area contributed by atoms with E-state index in [-0.39, 0.29) is 18.0 Å². The molecule has 146 valence electrons. The van der Waals surface area contributed by atoms with Crippen molar-refractivity contribution in [3.63, 3.8) is 0 Å². The number of rotatable bonds is 5. The van der Waals surface area contributed by atoms with Crippen molar-refractivity contribution in [2.75, 3.05) is 11.4 Å². The first-order valence-corrected chi connectivity index (χ1v) is 10.3. The third-order valence-electron chi connectivity index (χ3n) is 4.81. The quantitative estimate of drug-likeness (QED) is 0.493. The second-order valence-corrected chi connectivity index (χ2v) is 7.88. The highest BCUT2D eigenvalue weighted by Crippen LogP contribution is 2.30. The first kappa shape index (κ1) is 19.1. The Morgan fingerprint density at radius 3 is 2.62 bits per heavy atom.